The monoisotopic (exact) mass is 522 g/mol. The van der Waals surface area contributed by atoms with Crippen molar-refractivity contribution in [2.45, 2.75) is 13.1 Å². The molecule has 1 heterocycles. The highest BCUT2D eigenvalue weighted by molar-refractivity contribution is 6.47. The molecule has 0 saturated heterocycles. The summed E-state index contributed by atoms with van der Waals surface area (Å²) < 4.78 is 0. The van der Waals surface area contributed by atoms with Gasteiger partial charge in [0.15, 0.2) is 0 Å². The summed E-state index contributed by atoms with van der Waals surface area (Å²) in [7, 11) is 0. The summed E-state index contributed by atoms with van der Waals surface area (Å²) in [6.45, 7) is 0.217. The number of primary amides is 1. The van der Waals surface area contributed by atoms with Crippen LogP contribution in [-0.2, 0) is 22.7 Å². The van der Waals surface area contributed by atoms with Crippen molar-refractivity contribution in [2.24, 2.45) is 5.73 Å². The number of benzene rings is 3. The lowest BCUT2D eigenvalue weighted by Crippen LogP contribution is -2.33. The lowest BCUT2D eigenvalue weighted by molar-refractivity contribution is -0.138. The second-order valence-corrected chi connectivity index (χ2v) is 8.71. The van der Waals surface area contributed by atoms with E-state index in [1.807, 2.05) is 0 Å². The molecule has 182 valence electrons. The topological polar surface area (TPSA) is 122 Å². The molecular weight excluding hydrogens is 503 g/mol. The largest absolute Gasteiger partial charge is 0.375 e. The van der Waals surface area contributed by atoms with E-state index in [2.05, 4.69) is 10.6 Å². The summed E-state index contributed by atoms with van der Waals surface area (Å²) >= 11 is 12.3. The maximum absolute atomic E-state index is 12.8. The van der Waals surface area contributed by atoms with Crippen molar-refractivity contribution < 1.29 is 19.2 Å². The van der Waals surface area contributed by atoms with Gasteiger partial charge in [0.05, 0.1) is 6.54 Å². The van der Waals surface area contributed by atoms with E-state index in [1.165, 1.54) is 12.1 Å². The molecule has 4 N–H and O–H groups in total. The summed E-state index contributed by atoms with van der Waals surface area (Å²) in [5.74, 6) is -2.02. The molecule has 36 heavy (non-hydrogen) atoms. The number of carbonyl (C=O) groups excluding carboxylic acids is 4. The lowest BCUT2D eigenvalue weighted by Gasteiger charge is -2.16. The van der Waals surface area contributed by atoms with Crippen LogP contribution in [0, 0.1) is 0 Å². The van der Waals surface area contributed by atoms with Crippen molar-refractivity contribution in [1.82, 2.24) is 10.2 Å². The molecule has 1 aliphatic heterocycles. The fourth-order valence-corrected chi connectivity index (χ4v) is 3.97. The van der Waals surface area contributed by atoms with E-state index in [9.17, 15) is 19.2 Å². The van der Waals surface area contributed by atoms with Crippen molar-refractivity contribution in [2.75, 3.05) is 5.32 Å². The van der Waals surface area contributed by atoms with Gasteiger partial charge in [0.2, 0.25) is 5.91 Å². The number of rotatable bonds is 8. The molecule has 0 aliphatic carbocycles. The Morgan fingerprint density at radius 3 is 2.11 bits per heavy atom. The zero-order valence-electron chi connectivity index (χ0n) is 18.8. The van der Waals surface area contributed by atoms with E-state index in [4.69, 9.17) is 28.9 Å². The number of nitrogens with one attached hydrogen (secondary N) is 2. The molecule has 0 spiro atoms. The van der Waals surface area contributed by atoms with Crippen LogP contribution in [0.2, 0.25) is 5.02 Å². The fraction of sp³-hybridized carbons (Fsp3) is 0.0769. The van der Waals surface area contributed by atoms with Crippen LogP contribution >= 0.6 is 23.2 Å². The van der Waals surface area contributed by atoms with Gasteiger partial charge < -0.3 is 16.4 Å². The van der Waals surface area contributed by atoms with Gasteiger partial charge in [-0.25, -0.2) is 0 Å². The van der Waals surface area contributed by atoms with Crippen molar-refractivity contribution in [3.63, 3.8) is 0 Å². The van der Waals surface area contributed by atoms with Crippen LogP contribution in [0.4, 0.5) is 5.69 Å². The van der Waals surface area contributed by atoms with Gasteiger partial charge >= 0.3 is 0 Å². The van der Waals surface area contributed by atoms with E-state index in [0.29, 0.717) is 27.4 Å². The Labute approximate surface area is 216 Å². The Hall–Kier alpha value is -4.14. The smallest absolute Gasteiger partial charge is 0.278 e. The number of carbonyl (C=O) groups is 4. The highest BCUT2D eigenvalue weighted by Crippen LogP contribution is 2.26. The van der Waals surface area contributed by atoms with Crippen molar-refractivity contribution in [3.05, 3.63) is 111 Å². The first kappa shape index (κ1) is 25.0. The molecule has 3 aromatic carbocycles. The zero-order chi connectivity index (χ0) is 25.8. The van der Waals surface area contributed by atoms with Gasteiger partial charge in [0.25, 0.3) is 17.7 Å². The van der Waals surface area contributed by atoms with Gasteiger partial charge in [-0.1, -0.05) is 53.5 Å². The van der Waals surface area contributed by atoms with Gasteiger partial charge in [-0.05, 0) is 53.6 Å². The average Bonchev–Trinajstić information content (AvgIpc) is 3.07. The quantitative estimate of drug-likeness (QED) is 0.388. The average molecular weight is 523 g/mol. The molecular formula is C26H20Cl2N4O4. The SMILES string of the molecule is NC(=O)c1ccc(NC(=O)c2ccc(CNC3=C(Cl)C(=O)N(Cc4ccccc4Cl)C3=O)cc2)cc1. The molecule has 4 amide bonds. The Bertz CT molecular complexity index is 1390. The predicted octanol–water partition coefficient (Wildman–Crippen LogP) is 3.80. The Morgan fingerprint density at radius 1 is 0.833 bits per heavy atom. The number of nitrogens with two attached hydrogens (primary N) is 1. The number of halogens is 2. The van der Waals surface area contributed by atoms with Crippen LogP contribution < -0.4 is 16.4 Å². The number of hydrogen-bond donors (Lipinski definition) is 3. The molecule has 0 fully saturated rings. The first-order valence-corrected chi connectivity index (χ1v) is 11.5. The highest BCUT2D eigenvalue weighted by atomic mass is 35.5. The summed E-state index contributed by atoms with van der Waals surface area (Å²) in [5, 5.41) is 5.92. The van der Waals surface area contributed by atoms with Crippen LogP contribution in [0.25, 0.3) is 0 Å². The van der Waals surface area contributed by atoms with Gasteiger partial charge in [0, 0.05) is 28.4 Å². The van der Waals surface area contributed by atoms with Crippen molar-refractivity contribution >= 4 is 52.5 Å². The van der Waals surface area contributed by atoms with Crippen LogP contribution in [0.15, 0.2) is 83.5 Å². The standard InChI is InChI=1S/C26H20Cl2N4O4/c27-20-4-2-1-3-18(20)14-32-25(35)21(28)22(26(32)36)30-13-15-5-7-17(8-6-15)24(34)31-19-11-9-16(10-12-19)23(29)33/h1-12,30H,13-14H2,(H2,29,33)(H,31,34). The van der Waals surface area contributed by atoms with E-state index in [-0.39, 0.29) is 29.7 Å². The molecule has 0 radical (unpaired) electrons. The number of amides is 4. The van der Waals surface area contributed by atoms with E-state index in [1.54, 1.807) is 60.7 Å². The first-order valence-electron chi connectivity index (χ1n) is 10.8. The minimum absolute atomic E-state index is 0.00774. The molecule has 10 heteroatoms. The van der Waals surface area contributed by atoms with Gasteiger partial charge in [-0.15, -0.1) is 0 Å². The third-order valence-electron chi connectivity index (χ3n) is 5.51. The molecule has 0 unspecified atom stereocenters. The van der Waals surface area contributed by atoms with Crippen LogP contribution in [0.1, 0.15) is 31.8 Å². The van der Waals surface area contributed by atoms with Crippen molar-refractivity contribution in [1.29, 1.82) is 0 Å². The molecule has 0 atom stereocenters. The maximum Gasteiger partial charge on any atom is 0.278 e. The van der Waals surface area contributed by atoms with Crippen LogP contribution in [0.3, 0.4) is 0 Å². The minimum Gasteiger partial charge on any atom is -0.375 e. The number of imide groups is 1. The Balaban J connectivity index is 1.36. The second kappa shape index (κ2) is 10.6. The number of anilines is 1. The lowest BCUT2D eigenvalue weighted by atomic mass is 10.1. The summed E-state index contributed by atoms with van der Waals surface area (Å²) in [5.41, 5.74) is 7.89. The summed E-state index contributed by atoms with van der Waals surface area (Å²) in [6.07, 6.45) is 0. The first-order chi connectivity index (χ1) is 17.2. The predicted molar refractivity (Wildman–Crippen MR) is 136 cm³/mol. The van der Waals surface area contributed by atoms with Gasteiger partial charge in [0.1, 0.15) is 10.7 Å². The number of hydrogen-bond acceptors (Lipinski definition) is 5. The van der Waals surface area contributed by atoms with E-state index < -0.39 is 17.7 Å². The number of nitrogens with zero attached hydrogens (tertiary/aromatic N) is 1. The zero-order valence-corrected chi connectivity index (χ0v) is 20.3. The van der Waals surface area contributed by atoms with E-state index in [0.717, 1.165) is 10.5 Å². The highest BCUT2D eigenvalue weighted by Gasteiger charge is 2.37. The second-order valence-electron chi connectivity index (χ2n) is 7.92. The van der Waals surface area contributed by atoms with Crippen LogP contribution in [-0.4, -0.2) is 28.5 Å². The molecule has 0 bridgehead atoms. The Kier molecular flexibility index (Phi) is 7.38. The third kappa shape index (κ3) is 5.40. The molecule has 8 nitrogen and oxygen atoms in total. The molecule has 4 rings (SSSR count). The summed E-state index contributed by atoms with van der Waals surface area (Å²) in [4.78, 5) is 50.1. The third-order valence-corrected chi connectivity index (χ3v) is 6.23. The Morgan fingerprint density at radius 2 is 1.47 bits per heavy atom. The summed E-state index contributed by atoms with van der Waals surface area (Å²) in [6, 6.07) is 19.9. The molecule has 0 aromatic heterocycles. The van der Waals surface area contributed by atoms with Gasteiger partial charge in [-0.2, -0.15) is 0 Å². The fourth-order valence-electron chi connectivity index (χ4n) is 3.53. The molecule has 0 saturated carbocycles. The molecule has 3 aromatic rings. The maximum atomic E-state index is 12.8. The molecule has 1 aliphatic rings. The van der Waals surface area contributed by atoms with Crippen LogP contribution in [0.5, 0.6) is 0 Å². The van der Waals surface area contributed by atoms with E-state index >= 15 is 0 Å². The van der Waals surface area contributed by atoms with Crippen molar-refractivity contribution in [3.8, 4) is 0 Å². The minimum atomic E-state index is -0.597. The normalized spacial score (nSPS) is 13.2. The van der Waals surface area contributed by atoms with Gasteiger partial charge in [-0.3, -0.25) is 24.1 Å².